The van der Waals surface area contributed by atoms with Gasteiger partial charge in [0.25, 0.3) is 0 Å². The minimum Gasteiger partial charge on any atom is -0.467 e. The molecule has 0 saturated carbocycles. The van der Waals surface area contributed by atoms with Crippen molar-refractivity contribution >= 4 is 5.97 Å². The molecule has 0 aliphatic carbocycles. The molecule has 1 fully saturated rings. The molecule has 1 unspecified atom stereocenters. The van der Waals surface area contributed by atoms with Gasteiger partial charge in [0, 0.05) is 26.1 Å². The van der Waals surface area contributed by atoms with Gasteiger partial charge < -0.3 is 14.8 Å². The molecule has 1 aliphatic heterocycles. The highest BCUT2D eigenvalue weighted by molar-refractivity contribution is 5.75. The summed E-state index contributed by atoms with van der Waals surface area (Å²) in [5.41, 5.74) is 0. The van der Waals surface area contributed by atoms with Crippen LogP contribution in [-0.4, -0.2) is 39.4 Å². The lowest BCUT2D eigenvalue weighted by molar-refractivity contribution is -0.157. The van der Waals surface area contributed by atoms with E-state index in [4.69, 9.17) is 4.74 Å². The monoisotopic (exact) mass is 159 g/mol. The summed E-state index contributed by atoms with van der Waals surface area (Å²) in [5, 5.41) is 3.07. The van der Waals surface area contributed by atoms with Crippen molar-refractivity contribution < 1.29 is 14.3 Å². The van der Waals surface area contributed by atoms with Crippen molar-refractivity contribution in [2.24, 2.45) is 5.92 Å². The molecule has 0 radical (unpaired) electrons. The SMILES string of the molecule is COC(=O)C(OC)C1CNC1. The lowest BCUT2D eigenvalue weighted by atomic mass is 9.96. The fraction of sp³-hybridized carbons (Fsp3) is 0.857. The van der Waals surface area contributed by atoms with E-state index in [-0.39, 0.29) is 18.0 Å². The van der Waals surface area contributed by atoms with Crippen LogP contribution in [0.4, 0.5) is 0 Å². The smallest absolute Gasteiger partial charge is 0.335 e. The van der Waals surface area contributed by atoms with Crippen LogP contribution in [0.3, 0.4) is 0 Å². The molecule has 0 aromatic heterocycles. The van der Waals surface area contributed by atoms with Crippen molar-refractivity contribution in [2.45, 2.75) is 6.10 Å². The van der Waals surface area contributed by atoms with Crippen molar-refractivity contribution in [3.05, 3.63) is 0 Å². The van der Waals surface area contributed by atoms with Crippen molar-refractivity contribution in [1.82, 2.24) is 5.32 Å². The molecule has 1 heterocycles. The third-order valence-corrected chi connectivity index (χ3v) is 1.93. The Labute approximate surface area is 65.9 Å². The van der Waals surface area contributed by atoms with Crippen LogP contribution in [0.25, 0.3) is 0 Å². The Kier molecular flexibility index (Phi) is 2.84. The molecule has 4 heteroatoms. The van der Waals surface area contributed by atoms with E-state index in [1.807, 2.05) is 0 Å². The van der Waals surface area contributed by atoms with Crippen molar-refractivity contribution in [3.63, 3.8) is 0 Å². The number of hydrogen-bond acceptors (Lipinski definition) is 4. The van der Waals surface area contributed by atoms with Crippen molar-refractivity contribution in [1.29, 1.82) is 0 Å². The molecule has 0 aromatic carbocycles. The Morgan fingerprint density at radius 1 is 1.55 bits per heavy atom. The van der Waals surface area contributed by atoms with Crippen molar-refractivity contribution in [2.75, 3.05) is 27.3 Å². The highest BCUT2D eigenvalue weighted by Gasteiger charge is 2.33. The van der Waals surface area contributed by atoms with E-state index in [1.54, 1.807) is 0 Å². The zero-order chi connectivity index (χ0) is 8.27. The van der Waals surface area contributed by atoms with E-state index in [1.165, 1.54) is 14.2 Å². The maximum absolute atomic E-state index is 11.0. The van der Waals surface area contributed by atoms with E-state index in [9.17, 15) is 4.79 Å². The standard InChI is InChI=1S/C7H13NO3/c1-10-6(7(9)11-2)5-3-8-4-5/h5-6,8H,3-4H2,1-2H3. The van der Waals surface area contributed by atoms with Crippen LogP contribution >= 0.6 is 0 Å². The fourth-order valence-corrected chi connectivity index (χ4v) is 1.12. The maximum atomic E-state index is 11.0. The minimum absolute atomic E-state index is 0.279. The van der Waals surface area contributed by atoms with E-state index in [0.29, 0.717) is 0 Å². The number of hydrogen-bond donors (Lipinski definition) is 1. The van der Waals surface area contributed by atoms with Crippen LogP contribution in [0.1, 0.15) is 0 Å². The minimum atomic E-state index is -0.388. The van der Waals surface area contributed by atoms with Gasteiger partial charge in [-0.1, -0.05) is 0 Å². The third kappa shape index (κ3) is 1.70. The van der Waals surface area contributed by atoms with Gasteiger partial charge in [-0.05, 0) is 0 Å². The first-order valence-corrected chi connectivity index (χ1v) is 3.61. The number of rotatable bonds is 3. The predicted octanol–water partition coefficient (Wildman–Crippen LogP) is -0.606. The molecule has 11 heavy (non-hydrogen) atoms. The van der Waals surface area contributed by atoms with Crippen molar-refractivity contribution in [3.8, 4) is 0 Å². The number of esters is 1. The molecule has 0 aromatic rings. The van der Waals surface area contributed by atoms with Gasteiger partial charge in [-0.15, -0.1) is 0 Å². The molecule has 1 atom stereocenters. The Morgan fingerprint density at radius 3 is 2.45 bits per heavy atom. The molecule has 0 spiro atoms. The lowest BCUT2D eigenvalue weighted by Crippen LogP contribution is -2.52. The van der Waals surface area contributed by atoms with Gasteiger partial charge in [0.1, 0.15) is 0 Å². The van der Waals surface area contributed by atoms with Gasteiger partial charge in [0.2, 0.25) is 0 Å². The number of carbonyl (C=O) groups is 1. The highest BCUT2D eigenvalue weighted by atomic mass is 16.6. The molecule has 64 valence electrons. The zero-order valence-corrected chi connectivity index (χ0v) is 6.79. The van der Waals surface area contributed by atoms with Gasteiger partial charge in [0.05, 0.1) is 7.11 Å². The number of nitrogens with one attached hydrogen (secondary N) is 1. The maximum Gasteiger partial charge on any atom is 0.335 e. The lowest BCUT2D eigenvalue weighted by Gasteiger charge is -2.31. The summed E-state index contributed by atoms with van der Waals surface area (Å²) in [5.74, 6) is 0.00597. The quantitative estimate of drug-likeness (QED) is 0.558. The average molecular weight is 159 g/mol. The van der Waals surface area contributed by atoms with Crippen LogP contribution in [0, 0.1) is 5.92 Å². The molecule has 1 aliphatic rings. The number of ether oxygens (including phenoxy) is 2. The molecular formula is C7H13NO3. The van der Waals surface area contributed by atoms with Crippen LogP contribution in [0.5, 0.6) is 0 Å². The zero-order valence-electron chi connectivity index (χ0n) is 6.79. The molecule has 4 nitrogen and oxygen atoms in total. The summed E-state index contributed by atoms with van der Waals surface area (Å²) < 4.78 is 9.56. The van der Waals surface area contributed by atoms with Crippen LogP contribution in [-0.2, 0) is 14.3 Å². The number of methoxy groups -OCH3 is 2. The van der Waals surface area contributed by atoms with E-state index in [0.717, 1.165) is 13.1 Å². The summed E-state index contributed by atoms with van der Waals surface area (Å²) in [7, 11) is 2.90. The van der Waals surface area contributed by atoms with Crippen LogP contribution in [0.15, 0.2) is 0 Å². The van der Waals surface area contributed by atoms with Gasteiger partial charge in [-0.25, -0.2) is 4.79 Å². The van der Waals surface area contributed by atoms with Crippen LogP contribution in [0.2, 0.25) is 0 Å². The molecule has 1 saturated heterocycles. The normalized spacial score (nSPS) is 20.5. The van der Waals surface area contributed by atoms with E-state index in [2.05, 4.69) is 10.1 Å². The summed E-state index contributed by atoms with van der Waals surface area (Å²) in [4.78, 5) is 11.0. The average Bonchev–Trinajstić information content (AvgIpc) is 1.94. The van der Waals surface area contributed by atoms with Gasteiger partial charge in [-0.2, -0.15) is 0 Å². The Bertz CT molecular complexity index is 145. The van der Waals surface area contributed by atoms with E-state index >= 15 is 0 Å². The molecule has 1 rings (SSSR count). The fourth-order valence-electron chi connectivity index (χ4n) is 1.12. The second kappa shape index (κ2) is 3.69. The Morgan fingerprint density at radius 2 is 2.18 bits per heavy atom. The number of carbonyl (C=O) groups excluding carboxylic acids is 1. The van der Waals surface area contributed by atoms with Crippen LogP contribution < -0.4 is 5.32 Å². The van der Waals surface area contributed by atoms with Gasteiger partial charge in [0.15, 0.2) is 6.10 Å². The summed E-state index contributed by atoms with van der Waals surface area (Å²) >= 11 is 0. The Balaban J connectivity index is 2.40. The Hall–Kier alpha value is -0.610. The topological polar surface area (TPSA) is 47.6 Å². The largest absolute Gasteiger partial charge is 0.467 e. The first-order valence-electron chi connectivity index (χ1n) is 3.61. The first-order chi connectivity index (χ1) is 5.29. The van der Waals surface area contributed by atoms with Gasteiger partial charge in [-0.3, -0.25) is 0 Å². The third-order valence-electron chi connectivity index (χ3n) is 1.93. The summed E-state index contributed by atoms with van der Waals surface area (Å²) in [6, 6.07) is 0. The molecular weight excluding hydrogens is 146 g/mol. The first kappa shape index (κ1) is 8.49. The summed E-state index contributed by atoms with van der Waals surface area (Å²) in [6.07, 6.45) is -0.388. The molecule has 0 bridgehead atoms. The van der Waals surface area contributed by atoms with Gasteiger partial charge >= 0.3 is 5.97 Å². The second-order valence-electron chi connectivity index (χ2n) is 2.60. The van der Waals surface area contributed by atoms with E-state index < -0.39 is 0 Å². The summed E-state index contributed by atoms with van der Waals surface area (Å²) in [6.45, 7) is 1.68. The molecule has 0 amide bonds. The second-order valence-corrected chi connectivity index (χ2v) is 2.60. The predicted molar refractivity (Wildman–Crippen MR) is 39.2 cm³/mol. The molecule has 1 N–H and O–H groups in total. The highest BCUT2D eigenvalue weighted by Crippen LogP contribution is 2.12.